The third-order valence-electron chi connectivity index (χ3n) is 2.41. The van der Waals surface area contributed by atoms with Crippen molar-refractivity contribution in [3.63, 3.8) is 0 Å². The van der Waals surface area contributed by atoms with Crippen LogP contribution in [0.3, 0.4) is 0 Å². The van der Waals surface area contributed by atoms with Crippen LogP contribution in [0.2, 0.25) is 0 Å². The summed E-state index contributed by atoms with van der Waals surface area (Å²) in [5.41, 5.74) is 5.50. The van der Waals surface area contributed by atoms with E-state index in [1.165, 1.54) is 4.31 Å². The summed E-state index contributed by atoms with van der Waals surface area (Å²) in [5, 5.41) is 0. The van der Waals surface area contributed by atoms with E-state index in [4.69, 9.17) is 10.5 Å². The van der Waals surface area contributed by atoms with E-state index in [0.717, 1.165) is 0 Å². The van der Waals surface area contributed by atoms with Gasteiger partial charge in [0.15, 0.2) is 0 Å². The molecular formula is C9H20N2O3S. The molecule has 1 saturated heterocycles. The lowest BCUT2D eigenvalue weighted by atomic mass is 10.2. The molecule has 0 aromatic carbocycles. The molecule has 6 heteroatoms. The van der Waals surface area contributed by atoms with Crippen LogP contribution in [0.25, 0.3) is 0 Å². The van der Waals surface area contributed by atoms with Crippen molar-refractivity contribution in [2.75, 3.05) is 25.4 Å². The summed E-state index contributed by atoms with van der Waals surface area (Å²) in [5.74, 6) is 0.205. The number of hydrogen-bond acceptors (Lipinski definition) is 4. The third-order valence-corrected chi connectivity index (χ3v) is 4.42. The Morgan fingerprint density at radius 3 is 2.67 bits per heavy atom. The van der Waals surface area contributed by atoms with Gasteiger partial charge in [0, 0.05) is 19.6 Å². The van der Waals surface area contributed by atoms with Gasteiger partial charge < -0.3 is 10.5 Å². The van der Waals surface area contributed by atoms with Gasteiger partial charge >= 0.3 is 0 Å². The van der Waals surface area contributed by atoms with Crippen molar-refractivity contribution in [2.24, 2.45) is 5.73 Å². The minimum absolute atomic E-state index is 0.0704. The van der Waals surface area contributed by atoms with Gasteiger partial charge in [-0.3, -0.25) is 0 Å². The van der Waals surface area contributed by atoms with Crippen LogP contribution in [-0.2, 0) is 14.8 Å². The molecule has 0 spiro atoms. The van der Waals surface area contributed by atoms with Crippen LogP contribution in [0.4, 0.5) is 0 Å². The standard InChI is InChI=1S/C9H20N2O3S/c1-3-4-15(12,13)11-6-8(2)14-9(5-10)7-11/h8-9H,3-7,10H2,1-2H3. The third kappa shape index (κ3) is 3.41. The summed E-state index contributed by atoms with van der Waals surface area (Å²) in [6.07, 6.45) is 0.403. The van der Waals surface area contributed by atoms with E-state index >= 15 is 0 Å². The van der Waals surface area contributed by atoms with Crippen LogP contribution in [0.15, 0.2) is 0 Å². The summed E-state index contributed by atoms with van der Waals surface area (Å²) in [4.78, 5) is 0. The molecule has 1 aliphatic heterocycles. The van der Waals surface area contributed by atoms with E-state index < -0.39 is 10.0 Å². The number of morpholine rings is 1. The molecule has 0 bridgehead atoms. The van der Waals surface area contributed by atoms with E-state index in [1.807, 2.05) is 13.8 Å². The lowest BCUT2D eigenvalue weighted by molar-refractivity contribution is -0.0486. The first-order valence-electron chi connectivity index (χ1n) is 5.33. The zero-order valence-corrected chi connectivity index (χ0v) is 10.2. The molecular weight excluding hydrogens is 216 g/mol. The lowest BCUT2D eigenvalue weighted by Gasteiger charge is -2.35. The van der Waals surface area contributed by atoms with Crippen LogP contribution in [0, 0.1) is 0 Å². The van der Waals surface area contributed by atoms with Crippen LogP contribution < -0.4 is 5.73 Å². The predicted molar refractivity (Wildman–Crippen MR) is 59.0 cm³/mol. The van der Waals surface area contributed by atoms with Gasteiger partial charge in [0.05, 0.1) is 18.0 Å². The highest BCUT2D eigenvalue weighted by Crippen LogP contribution is 2.14. The van der Waals surface area contributed by atoms with E-state index in [2.05, 4.69) is 0 Å². The molecule has 2 N–H and O–H groups in total. The summed E-state index contributed by atoms with van der Waals surface area (Å²) < 4.78 is 30.7. The normalized spacial score (nSPS) is 29.3. The Labute approximate surface area is 91.6 Å². The second-order valence-corrected chi connectivity index (χ2v) is 6.03. The first kappa shape index (κ1) is 12.9. The molecule has 2 unspecified atom stereocenters. The summed E-state index contributed by atoms with van der Waals surface area (Å²) in [7, 11) is -3.11. The zero-order valence-electron chi connectivity index (χ0n) is 9.35. The SMILES string of the molecule is CCCS(=O)(=O)N1CC(C)OC(CN)C1. The monoisotopic (exact) mass is 236 g/mol. The first-order chi connectivity index (χ1) is 6.99. The van der Waals surface area contributed by atoms with Crippen molar-refractivity contribution >= 4 is 10.0 Å². The van der Waals surface area contributed by atoms with E-state index in [1.54, 1.807) is 0 Å². The maximum atomic E-state index is 11.8. The molecule has 0 aromatic rings. The van der Waals surface area contributed by atoms with Crippen LogP contribution in [0.5, 0.6) is 0 Å². The van der Waals surface area contributed by atoms with Gasteiger partial charge in [0.25, 0.3) is 0 Å². The van der Waals surface area contributed by atoms with Gasteiger partial charge in [-0.1, -0.05) is 6.92 Å². The fourth-order valence-corrected chi connectivity index (χ4v) is 3.35. The average Bonchev–Trinajstić information content (AvgIpc) is 2.16. The van der Waals surface area contributed by atoms with Crippen molar-refractivity contribution < 1.29 is 13.2 Å². The molecule has 1 rings (SSSR count). The van der Waals surface area contributed by atoms with Crippen molar-refractivity contribution in [3.8, 4) is 0 Å². The molecule has 5 nitrogen and oxygen atoms in total. The number of hydrogen-bond donors (Lipinski definition) is 1. The second kappa shape index (κ2) is 5.25. The van der Waals surface area contributed by atoms with Gasteiger partial charge in [-0.15, -0.1) is 0 Å². The Morgan fingerprint density at radius 2 is 2.13 bits per heavy atom. The molecule has 15 heavy (non-hydrogen) atoms. The van der Waals surface area contributed by atoms with Gasteiger partial charge in [0.2, 0.25) is 10.0 Å². The fraction of sp³-hybridized carbons (Fsp3) is 1.00. The summed E-state index contributed by atoms with van der Waals surface area (Å²) >= 11 is 0. The molecule has 0 aliphatic carbocycles. The Hall–Kier alpha value is -0.170. The smallest absolute Gasteiger partial charge is 0.214 e. The van der Waals surface area contributed by atoms with Gasteiger partial charge in [-0.2, -0.15) is 4.31 Å². The van der Waals surface area contributed by atoms with Crippen LogP contribution in [0.1, 0.15) is 20.3 Å². The Bertz CT molecular complexity index is 292. The highest BCUT2D eigenvalue weighted by atomic mass is 32.2. The minimum atomic E-state index is -3.11. The molecule has 1 heterocycles. The quantitative estimate of drug-likeness (QED) is 0.732. The van der Waals surface area contributed by atoms with Gasteiger partial charge in [0.1, 0.15) is 0 Å². The molecule has 1 fully saturated rings. The zero-order chi connectivity index (χ0) is 11.5. The van der Waals surface area contributed by atoms with Crippen LogP contribution >= 0.6 is 0 Å². The Balaban J connectivity index is 2.69. The molecule has 90 valence electrons. The summed E-state index contributed by atoms with van der Waals surface area (Å²) in [6, 6.07) is 0. The predicted octanol–water partition coefficient (Wildman–Crippen LogP) is -0.226. The molecule has 0 amide bonds. The number of ether oxygens (including phenoxy) is 1. The first-order valence-corrected chi connectivity index (χ1v) is 6.94. The molecule has 0 radical (unpaired) electrons. The van der Waals surface area contributed by atoms with Crippen LogP contribution in [-0.4, -0.2) is 50.3 Å². The second-order valence-electron chi connectivity index (χ2n) is 3.94. The van der Waals surface area contributed by atoms with Gasteiger partial charge in [-0.25, -0.2) is 8.42 Å². The molecule has 0 aromatic heterocycles. The largest absolute Gasteiger partial charge is 0.371 e. The fourth-order valence-electron chi connectivity index (χ4n) is 1.75. The van der Waals surface area contributed by atoms with Crippen molar-refractivity contribution in [2.45, 2.75) is 32.5 Å². The topological polar surface area (TPSA) is 72.6 Å². The average molecular weight is 236 g/mol. The Kier molecular flexibility index (Phi) is 4.51. The minimum Gasteiger partial charge on any atom is -0.371 e. The highest BCUT2D eigenvalue weighted by Gasteiger charge is 2.31. The molecule has 1 aliphatic rings. The number of nitrogens with two attached hydrogens (primary N) is 1. The molecule has 2 atom stereocenters. The van der Waals surface area contributed by atoms with Crippen molar-refractivity contribution in [3.05, 3.63) is 0 Å². The maximum absolute atomic E-state index is 11.8. The highest BCUT2D eigenvalue weighted by molar-refractivity contribution is 7.89. The van der Waals surface area contributed by atoms with E-state index in [0.29, 0.717) is 26.1 Å². The van der Waals surface area contributed by atoms with Gasteiger partial charge in [-0.05, 0) is 13.3 Å². The summed E-state index contributed by atoms with van der Waals surface area (Å²) in [6.45, 7) is 4.93. The lowest BCUT2D eigenvalue weighted by Crippen LogP contribution is -2.51. The number of nitrogens with zero attached hydrogens (tertiary/aromatic N) is 1. The number of sulfonamides is 1. The van der Waals surface area contributed by atoms with E-state index in [-0.39, 0.29) is 18.0 Å². The van der Waals surface area contributed by atoms with Crippen molar-refractivity contribution in [1.29, 1.82) is 0 Å². The van der Waals surface area contributed by atoms with Crippen molar-refractivity contribution in [1.82, 2.24) is 4.31 Å². The maximum Gasteiger partial charge on any atom is 0.214 e. The van der Waals surface area contributed by atoms with E-state index in [9.17, 15) is 8.42 Å². The molecule has 0 saturated carbocycles. The Morgan fingerprint density at radius 1 is 1.47 bits per heavy atom. The number of rotatable bonds is 4.